The van der Waals surface area contributed by atoms with Crippen LogP contribution in [0.5, 0.6) is 0 Å². The van der Waals surface area contributed by atoms with Crippen LogP contribution in [0.15, 0.2) is 24.3 Å². The Kier molecular flexibility index (Phi) is 2.15. The van der Waals surface area contributed by atoms with Crippen molar-refractivity contribution < 1.29 is 0 Å². The zero-order valence-corrected chi connectivity index (χ0v) is 8.48. The van der Waals surface area contributed by atoms with E-state index in [-0.39, 0.29) is 0 Å². The molecule has 2 heteroatoms. The van der Waals surface area contributed by atoms with Crippen LogP contribution >= 0.6 is 11.3 Å². The van der Waals surface area contributed by atoms with Crippen LogP contribution in [0.4, 0.5) is 0 Å². The molecule has 1 heterocycles. The third-order valence-corrected chi connectivity index (χ3v) is 2.70. The van der Waals surface area contributed by atoms with Crippen LogP contribution in [-0.4, -0.2) is 4.98 Å². The Morgan fingerprint density at radius 2 is 1.85 bits per heavy atom. The van der Waals surface area contributed by atoms with Gasteiger partial charge in [-0.25, -0.2) is 4.98 Å². The molecule has 1 nitrogen and oxygen atoms in total. The summed E-state index contributed by atoms with van der Waals surface area (Å²) < 4.78 is 0. The fraction of sp³-hybridized carbons (Fsp3) is 0.182. The first-order valence-corrected chi connectivity index (χ1v) is 4.99. The fourth-order valence-electron chi connectivity index (χ4n) is 1.24. The largest absolute Gasteiger partial charge is 0.233 e. The molecule has 0 aliphatic rings. The van der Waals surface area contributed by atoms with Crippen molar-refractivity contribution in [1.29, 1.82) is 0 Å². The van der Waals surface area contributed by atoms with E-state index in [1.807, 2.05) is 0 Å². The van der Waals surface area contributed by atoms with Crippen LogP contribution in [0.3, 0.4) is 0 Å². The molecular formula is C11H10NS. The van der Waals surface area contributed by atoms with Crippen molar-refractivity contribution in [3.63, 3.8) is 0 Å². The highest BCUT2D eigenvalue weighted by Gasteiger charge is 2.03. The van der Waals surface area contributed by atoms with Crippen molar-refractivity contribution >= 4 is 11.3 Å². The van der Waals surface area contributed by atoms with Crippen LogP contribution in [-0.2, 0) is 0 Å². The summed E-state index contributed by atoms with van der Waals surface area (Å²) in [6, 6.07) is 8.42. The molecule has 0 saturated carbocycles. The van der Waals surface area contributed by atoms with Gasteiger partial charge in [0.25, 0.3) is 0 Å². The van der Waals surface area contributed by atoms with E-state index < -0.39 is 0 Å². The maximum absolute atomic E-state index is 4.21. The van der Waals surface area contributed by atoms with E-state index in [1.54, 1.807) is 11.3 Å². The molecule has 0 N–H and O–H groups in total. The molecule has 2 rings (SSSR count). The fourth-order valence-corrected chi connectivity index (χ4v) is 1.78. The monoisotopic (exact) mass is 188 g/mol. The minimum atomic E-state index is 1.06. The van der Waals surface area contributed by atoms with Gasteiger partial charge in [-0.05, 0) is 13.8 Å². The molecule has 0 aliphatic heterocycles. The molecule has 0 unspecified atom stereocenters. The van der Waals surface area contributed by atoms with E-state index in [1.165, 1.54) is 16.0 Å². The first kappa shape index (κ1) is 8.45. The van der Waals surface area contributed by atoms with E-state index in [2.05, 4.69) is 48.6 Å². The first-order valence-electron chi connectivity index (χ1n) is 4.18. The average molecular weight is 188 g/mol. The van der Waals surface area contributed by atoms with Gasteiger partial charge in [0.05, 0.1) is 5.69 Å². The minimum absolute atomic E-state index is 1.06. The molecule has 1 radical (unpaired) electrons. The summed E-state index contributed by atoms with van der Waals surface area (Å²) in [5.74, 6) is 0. The van der Waals surface area contributed by atoms with Crippen LogP contribution in [0.1, 0.15) is 10.4 Å². The quantitative estimate of drug-likeness (QED) is 0.669. The average Bonchev–Trinajstić information content (AvgIpc) is 2.53. The summed E-state index contributed by atoms with van der Waals surface area (Å²) in [7, 11) is 0. The number of hydrogen-bond acceptors (Lipinski definition) is 2. The molecule has 0 saturated heterocycles. The predicted octanol–water partition coefficient (Wildman–Crippen LogP) is 3.23. The zero-order chi connectivity index (χ0) is 9.26. The summed E-state index contributed by atoms with van der Waals surface area (Å²) in [4.78, 5) is 5.43. The number of thiazole rings is 1. The maximum atomic E-state index is 4.21. The summed E-state index contributed by atoms with van der Waals surface area (Å²) in [6.07, 6.45) is 0. The second-order valence-corrected chi connectivity index (χ2v) is 4.08. The van der Waals surface area contributed by atoms with Gasteiger partial charge >= 0.3 is 0 Å². The van der Waals surface area contributed by atoms with Crippen LogP contribution in [0, 0.1) is 19.4 Å². The van der Waals surface area contributed by atoms with E-state index in [4.69, 9.17) is 0 Å². The Hall–Kier alpha value is -1.15. The lowest BCUT2D eigenvalue weighted by molar-refractivity contribution is 1.36. The SMILES string of the molecule is Cc1ccc(-c2n[c]sc2C)cc1. The minimum Gasteiger partial charge on any atom is -0.233 e. The highest BCUT2D eigenvalue weighted by Crippen LogP contribution is 2.23. The van der Waals surface area contributed by atoms with E-state index in [0.29, 0.717) is 0 Å². The van der Waals surface area contributed by atoms with Gasteiger partial charge in [-0.1, -0.05) is 29.8 Å². The van der Waals surface area contributed by atoms with Crippen molar-refractivity contribution in [3.05, 3.63) is 40.2 Å². The third kappa shape index (κ3) is 1.63. The van der Waals surface area contributed by atoms with Gasteiger partial charge in [-0.15, -0.1) is 11.3 Å². The van der Waals surface area contributed by atoms with Crippen molar-refractivity contribution in [2.45, 2.75) is 13.8 Å². The van der Waals surface area contributed by atoms with Gasteiger partial charge < -0.3 is 0 Å². The molecule has 0 bridgehead atoms. The normalized spacial score (nSPS) is 10.3. The number of rotatable bonds is 1. The van der Waals surface area contributed by atoms with Gasteiger partial charge in [-0.2, -0.15) is 0 Å². The van der Waals surface area contributed by atoms with Crippen molar-refractivity contribution in [3.8, 4) is 11.3 Å². The Bertz CT molecular complexity index is 400. The zero-order valence-electron chi connectivity index (χ0n) is 7.66. The summed E-state index contributed by atoms with van der Waals surface area (Å²) in [5.41, 5.74) is 6.42. The Morgan fingerprint density at radius 1 is 1.15 bits per heavy atom. The molecule has 0 atom stereocenters. The number of nitrogens with zero attached hydrogens (tertiary/aromatic N) is 1. The lowest BCUT2D eigenvalue weighted by Crippen LogP contribution is -1.80. The van der Waals surface area contributed by atoms with Crippen molar-refractivity contribution in [2.75, 3.05) is 0 Å². The highest BCUT2D eigenvalue weighted by atomic mass is 32.1. The van der Waals surface area contributed by atoms with Gasteiger partial charge in [0.15, 0.2) is 5.51 Å². The molecule has 2 aromatic rings. The Labute approximate surface area is 82.1 Å². The summed E-state index contributed by atoms with van der Waals surface area (Å²) in [5, 5.41) is 0. The molecule has 0 amide bonds. The van der Waals surface area contributed by atoms with Crippen LogP contribution in [0.2, 0.25) is 0 Å². The maximum Gasteiger partial charge on any atom is 0.153 e. The van der Waals surface area contributed by atoms with Crippen LogP contribution < -0.4 is 0 Å². The molecule has 0 spiro atoms. The number of benzene rings is 1. The Morgan fingerprint density at radius 3 is 2.38 bits per heavy atom. The first-order chi connectivity index (χ1) is 6.27. The van der Waals surface area contributed by atoms with Gasteiger partial charge in [0.2, 0.25) is 0 Å². The second-order valence-electron chi connectivity index (χ2n) is 3.08. The lowest BCUT2D eigenvalue weighted by Gasteiger charge is -1.98. The molecule has 65 valence electrons. The van der Waals surface area contributed by atoms with Crippen LogP contribution in [0.25, 0.3) is 11.3 Å². The lowest BCUT2D eigenvalue weighted by atomic mass is 10.1. The second kappa shape index (κ2) is 3.30. The number of aryl methyl sites for hydroxylation is 2. The summed E-state index contributed by atoms with van der Waals surface area (Å²) >= 11 is 1.57. The standard InChI is InChI=1S/C11H10NS/c1-8-3-5-10(6-4-8)11-9(2)13-7-12-11/h3-6H,1-2H3. The van der Waals surface area contributed by atoms with Gasteiger partial charge in [0, 0.05) is 10.4 Å². The van der Waals surface area contributed by atoms with Gasteiger partial charge in [0.1, 0.15) is 0 Å². The smallest absolute Gasteiger partial charge is 0.153 e. The number of hydrogen-bond donors (Lipinski definition) is 0. The van der Waals surface area contributed by atoms with E-state index in [0.717, 1.165) is 5.69 Å². The van der Waals surface area contributed by atoms with E-state index >= 15 is 0 Å². The highest BCUT2D eigenvalue weighted by molar-refractivity contribution is 7.09. The topological polar surface area (TPSA) is 12.9 Å². The molecule has 1 aromatic carbocycles. The van der Waals surface area contributed by atoms with Crippen molar-refractivity contribution in [2.24, 2.45) is 0 Å². The predicted molar refractivity (Wildman–Crippen MR) is 55.9 cm³/mol. The third-order valence-electron chi connectivity index (χ3n) is 2.01. The molecule has 0 aliphatic carbocycles. The van der Waals surface area contributed by atoms with Crippen molar-refractivity contribution in [1.82, 2.24) is 4.98 Å². The molecular weight excluding hydrogens is 178 g/mol. The van der Waals surface area contributed by atoms with Gasteiger partial charge in [-0.3, -0.25) is 0 Å². The molecule has 1 aromatic heterocycles. The molecule has 0 fully saturated rings. The Balaban J connectivity index is 2.47. The summed E-state index contributed by atoms with van der Waals surface area (Å²) in [6.45, 7) is 4.16. The van der Waals surface area contributed by atoms with E-state index in [9.17, 15) is 0 Å². The number of aromatic nitrogens is 1. The molecule has 13 heavy (non-hydrogen) atoms.